The normalized spacial score (nSPS) is 22.5. The van der Waals surface area contributed by atoms with Crippen molar-refractivity contribution in [3.05, 3.63) is 28.4 Å². The van der Waals surface area contributed by atoms with Gasteiger partial charge in [-0.3, -0.25) is 4.79 Å². The molecule has 19 heavy (non-hydrogen) atoms. The third kappa shape index (κ3) is 4.18. The predicted molar refractivity (Wildman–Crippen MR) is 101 cm³/mol. The van der Waals surface area contributed by atoms with E-state index < -0.39 is 0 Å². The number of ether oxygens (including phenoxy) is 1. The quantitative estimate of drug-likeness (QED) is 0.360. The molecule has 1 aromatic rings. The van der Waals surface area contributed by atoms with E-state index in [4.69, 9.17) is 4.74 Å². The first kappa shape index (κ1) is 16.3. The Balaban J connectivity index is 2.11. The minimum atomic E-state index is -0.0716. The average molecular weight is 596 g/mol. The van der Waals surface area contributed by atoms with Gasteiger partial charge in [-0.1, -0.05) is 6.92 Å². The Kier molecular flexibility index (Phi) is 6.19. The zero-order valence-corrected chi connectivity index (χ0v) is 17.1. The van der Waals surface area contributed by atoms with E-state index in [1.54, 1.807) is 0 Å². The van der Waals surface area contributed by atoms with Crippen molar-refractivity contribution in [1.82, 2.24) is 0 Å². The zero-order chi connectivity index (χ0) is 14.0. The van der Waals surface area contributed by atoms with Crippen molar-refractivity contribution in [2.24, 2.45) is 0 Å². The summed E-state index contributed by atoms with van der Waals surface area (Å²) in [6, 6.07) is 4.45. The van der Waals surface area contributed by atoms with Crippen molar-refractivity contribution in [3.8, 4) is 0 Å². The van der Waals surface area contributed by atoms with Crippen LogP contribution in [0.5, 0.6) is 0 Å². The van der Waals surface area contributed by atoms with Crippen LogP contribution in [0.15, 0.2) is 12.1 Å². The van der Waals surface area contributed by atoms with Crippen molar-refractivity contribution in [1.29, 1.82) is 0 Å². The van der Waals surface area contributed by atoms with E-state index in [-0.39, 0.29) is 12.1 Å². The largest absolute Gasteiger partial charge is 0.462 e. The fraction of sp³-hybridized carbons (Fsp3) is 0.500. The molecule has 2 atom stereocenters. The number of benzene rings is 1. The lowest BCUT2D eigenvalue weighted by Crippen LogP contribution is -2.14. The summed E-state index contributed by atoms with van der Waals surface area (Å²) in [4.78, 5) is 11.4. The summed E-state index contributed by atoms with van der Waals surface area (Å²) in [5.74, 6) is 0.461. The minimum absolute atomic E-state index is 0.0716. The molecule has 0 N–H and O–H groups in total. The molecule has 0 amide bonds. The van der Waals surface area contributed by atoms with E-state index in [0.29, 0.717) is 12.3 Å². The molecule has 0 heterocycles. The van der Waals surface area contributed by atoms with Gasteiger partial charge in [-0.25, -0.2) is 0 Å². The highest BCUT2D eigenvalue weighted by Gasteiger charge is 2.30. The molecular weight excluding hydrogens is 581 g/mol. The molecule has 104 valence electrons. The summed E-state index contributed by atoms with van der Waals surface area (Å²) in [5.41, 5.74) is 1.44. The molecule has 1 aliphatic rings. The number of esters is 1. The van der Waals surface area contributed by atoms with Crippen molar-refractivity contribution < 1.29 is 9.53 Å². The van der Waals surface area contributed by atoms with E-state index in [2.05, 4.69) is 79.9 Å². The number of carbonyl (C=O) groups is 1. The van der Waals surface area contributed by atoms with Crippen molar-refractivity contribution in [2.45, 2.75) is 44.6 Å². The van der Waals surface area contributed by atoms with Gasteiger partial charge in [0, 0.05) is 17.1 Å². The SMILES string of the molecule is CCC(=O)OC1CCC(c2c(I)cc(I)cc2I)C1. The van der Waals surface area contributed by atoms with Crippen LogP contribution in [0.3, 0.4) is 0 Å². The van der Waals surface area contributed by atoms with Crippen LogP contribution in [0.1, 0.15) is 44.1 Å². The molecule has 2 rings (SSSR count). The second-order valence-corrected chi connectivity index (χ2v) is 8.33. The number of halogens is 3. The van der Waals surface area contributed by atoms with E-state index in [0.717, 1.165) is 19.3 Å². The Bertz CT molecular complexity index is 465. The molecule has 1 saturated carbocycles. The molecule has 1 aliphatic carbocycles. The number of carbonyl (C=O) groups excluding carboxylic acids is 1. The molecule has 0 bridgehead atoms. The van der Waals surface area contributed by atoms with Gasteiger partial charge >= 0.3 is 5.97 Å². The first-order chi connectivity index (χ1) is 9.01. The lowest BCUT2D eigenvalue weighted by molar-refractivity contribution is -0.148. The van der Waals surface area contributed by atoms with Gasteiger partial charge in [0.15, 0.2) is 0 Å². The van der Waals surface area contributed by atoms with Gasteiger partial charge < -0.3 is 4.74 Å². The molecule has 0 spiro atoms. The van der Waals surface area contributed by atoms with Crippen LogP contribution in [0, 0.1) is 10.7 Å². The van der Waals surface area contributed by atoms with Crippen LogP contribution in [0.4, 0.5) is 0 Å². The summed E-state index contributed by atoms with van der Waals surface area (Å²) in [6.45, 7) is 1.85. The van der Waals surface area contributed by atoms with Gasteiger partial charge in [0.2, 0.25) is 0 Å². The highest BCUT2D eigenvalue weighted by Crippen LogP contribution is 2.40. The molecule has 0 radical (unpaired) electrons. The number of rotatable bonds is 3. The lowest BCUT2D eigenvalue weighted by Gasteiger charge is -2.16. The molecule has 1 fully saturated rings. The smallest absolute Gasteiger partial charge is 0.305 e. The average Bonchev–Trinajstić information content (AvgIpc) is 2.75. The standard InChI is InChI=1S/C14H15I3O2/c1-2-13(18)19-10-4-3-8(5-10)14-11(16)6-9(15)7-12(14)17/h6-8,10H,2-5H2,1H3. The number of hydrogen-bond acceptors (Lipinski definition) is 2. The van der Waals surface area contributed by atoms with Gasteiger partial charge in [-0.05, 0) is 111 Å². The van der Waals surface area contributed by atoms with Gasteiger partial charge in [0.05, 0.1) is 0 Å². The summed E-state index contributed by atoms with van der Waals surface area (Å²) in [7, 11) is 0. The van der Waals surface area contributed by atoms with Crippen molar-refractivity contribution in [2.75, 3.05) is 0 Å². The fourth-order valence-corrected chi connectivity index (χ4v) is 6.99. The Morgan fingerprint density at radius 1 is 1.26 bits per heavy atom. The topological polar surface area (TPSA) is 26.3 Å². The van der Waals surface area contributed by atoms with Crippen molar-refractivity contribution >= 4 is 73.7 Å². The van der Waals surface area contributed by atoms with Crippen LogP contribution in [0.2, 0.25) is 0 Å². The summed E-state index contributed by atoms with van der Waals surface area (Å²) < 4.78 is 9.42. The van der Waals surface area contributed by atoms with Crippen LogP contribution in [-0.2, 0) is 9.53 Å². The maximum atomic E-state index is 11.4. The van der Waals surface area contributed by atoms with Crippen LogP contribution in [-0.4, -0.2) is 12.1 Å². The Morgan fingerprint density at radius 2 is 1.89 bits per heavy atom. The van der Waals surface area contributed by atoms with E-state index in [1.165, 1.54) is 16.3 Å². The molecule has 2 unspecified atom stereocenters. The second-order valence-electron chi connectivity index (χ2n) is 4.76. The third-order valence-electron chi connectivity index (χ3n) is 3.42. The molecule has 0 aromatic heterocycles. The van der Waals surface area contributed by atoms with Gasteiger partial charge in [-0.2, -0.15) is 0 Å². The molecule has 5 heteroatoms. The Labute approximate surface area is 154 Å². The molecule has 1 aromatic carbocycles. The molecule has 2 nitrogen and oxygen atoms in total. The minimum Gasteiger partial charge on any atom is -0.462 e. The zero-order valence-electron chi connectivity index (χ0n) is 10.6. The summed E-state index contributed by atoms with van der Waals surface area (Å²) >= 11 is 7.20. The Hall–Kier alpha value is 0.880. The second kappa shape index (κ2) is 7.24. The van der Waals surface area contributed by atoms with Gasteiger partial charge in [0.25, 0.3) is 0 Å². The van der Waals surface area contributed by atoms with Crippen molar-refractivity contribution in [3.63, 3.8) is 0 Å². The molecule has 0 saturated heterocycles. The molecule has 0 aliphatic heterocycles. The van der Waals surface area contributed by atoms with Crippen LogP contribution < -0.4 is 0 Å². The third-order valence-corrected chi connectivity index (χ3v) is 5.83. The fourth-order valence-electron chi connectivity index (χ4n) is 2.52. The van der Waals surface area contributed by atoms with Gasteiger partial charge in [-0.15, -0.1) is 0 Å². The first-order valence-corrected chi connectivity index (χ1v) is 9.58. The first-order valence-electron chi connectivity index (χ1n) is 6.35. The highest BCUT2D eigenvalue weighted by molar-refractivity contribution is 14.1. The van der Waals surface area contributed by atoms with Gasteiger partial charge in [0.1, 0.15) is 6.10 Å². The van der Waals surface area contributed by atoms with E-state index in [9.17, 15) is 4.79 Å². The Morgan fingerprint density at radius 3 is 2.47 bits per heavy atom. The lowest BCUT2D eigenvalue weighted by atomic mass is 9.98. The van der Waals surface area contributed by atoms with Crippen LogP contribution in [0.25, 0.3) is 0 Å². The predicted octanol–water partition coefficient (Wildman–Crippen LogP) is 5.09. The maximum absolute atomic E-state index is 11.4. The van der Waals surface area contributed by atoms with Crippen LogP contribution >= 0.6 is 67.8 Å². The molecular formula is C14H15I3O2. The summed E-state index contributed by atoms with van der Waals surface area (Å²) in [6.07, 6.45) is 3.67. The van der Waals surface area contributed by atoms with E-state index >= 15 is 0 Å². The summed E-state index contributed by atoms with van der Waals surface area (Å²) in [5, 5.41) is 0. The monoisotopic (exact) mass is 596 g/mol. The number of hydrogen-bond donors (Lipinski definition) is 0. The highest BCUT2D eigenvalue weighted by atomic mass is 127. The maximum Gasteiger partial charge on any atom is 0.305 e. The van der Waals surface area contributed by atoms with E-state index in [1.807, 2.05) is 6.92 Å².